The number of hydrogen-bond donors (Lipinski definition) is 1. The van der Waals surface area contributed by atoms with E-state index in [1.165, 1.54) is 16.2 Å². The molecule has 2 aliphatic rings. The summed E-state index contributed by atoms with van der Waals surface area (Å²) in [5.41, 5.74) is 1.03. The smallest absolute Gasteiger partial charge is 0.301 e. The Balaban J connectivity index is 1.69. The molecule has 2 aromatic carbocycles. The van der Waals surface area contributed by atoms with Crippen molar-refractivity contribution < 1.29 is 24.2 Å². The van der Waals surface area contributed by atoms with Crippen LogP contribution in [0.25, 0.3) is 5.76 Å². The van der Waals surface area contributed by atoms with E-state index in [0.29, 0.717) is 41.0 Å². The number of anilines is 1. The van der Waals surface area contributed by atoms with Crippen LogP contribution in [0.2, 0.25) is 0 Å². The van der Waals surface area contributed by atoms with E-state index in [-0.39, 0.29) is 11.3 Å². The van der Waals surface area contributed by atoms with Crippen LogP contribution in [-0.2, 0) is 9.59 Å². The van der Waals surface area contributed by atoms with Crippen LogP contribution in [0.15, 0.2) is 64.1 Å². The summed E-state index contributed by atoms with van der Waals surface area (Å²) in [4.78, 5) is 31.6. The number of benzene rings is 2. The average Bonchev–Trinajstić information content (AvgIpc) is 3.40. The van der Waals surface area contributed by atoms with Gasteiger partial charge < -0.3 is 14.6 Å². The highest BCUT2D eigenvalue weighted by Gasteiger charge is 2.48. The summed E-state index contributed by atoms with van der Waals surface area (Å²) in [6.45, 7) is 0.837. The summed E-state index contributed by atoms with van der Waals surface area (Å²) in [7, 11) is 0. The fourth-order valence-electron chi connectivity index (χ4n) is 3.70. The number of amides is 1. The Hall–Kier alpha value is -3.17. The van der Waals surface area contributed by atoms with Crippen molar-refractivity contribution >= 4 is 49.8 Å². The Bertz CT molecular complexity index is 1220. The molecule has 156 valence electrons. The summed E-state index contributed by atoms with van der Waals surface area (Å²) in [6, 6.07) is 11.4. The van der Waals surface area contributed by atoms with E-state index in [2.05, 4.69) is 20.9 Å². The van der Waals surface area contributed by atoms with Gasteiger partial charge in [-0.2, -0.15) is 0 Å². The molecule has 0 saturated carbocycles. The molecule has 31 heavy (non-hydrogen) atoms. The Morgan fingerprint density at radius 3 is 2.68 bits per heavy atom. The standard InChI is InChI=1S/C22H15BrN2O5S/c23-14-3-1-2-12(10-14)18-17(20(27)21(28)25(18)22-24-6-9-31-22)19(26)13-4-5-15-16(11-13)30-8-7-29-15/h1-6,9-11,18,26H,7-8H2/b19-17+/t18-/m0/s1. The number of thiazole rings is 1. The lowest BCUT2D eigenvalue weighted by atomic mass is 9.95. The first-order valence-electron chi connectivity index (χ1n) is 9.40. The van der Waals surface area contributed by atoms with Crippen molar-refractivity contribution in [2.75, 3.05) is 18.1 Å². The van der Waals surface area contributed by atoms with Gasteiger partial charge in [0.2, 0.25) is 0 Å². The van der Waals surface area contributed by atoms with Crippen LogP contribution in [-0.4, -0.2) is 35.0 Å². The molecule has 9 heteroatoms. The van der Waals surface area contributed by atoms with E-state index in [4.69, 9.17) is 9.47 Å². The largest absolute Gasteiger partial charge is 0.507 e. The van der Waals surface area contributed by atoms with Gasteiger partial charge >= 0.3 is 5.91 Å². The molecule has 0 bridgehead atoms. The molecule has 1 saturated heterocycles. The zero-order valence-corrected chi connectivity index (χ0v) is 18.4. The second-order valence-corrected chi connectivity index (χ2v) is 8.69. The molecule has 3 aromatic rings. The van der Waals surface area contributed by atoms with Crippen LogP contribution in [0.4, 0.5) is 5.13 Å². The fraction of sp³-hybridized carbons (Fsp3) is 0.136. The van der Waals surface area contributed by atoms with E-state index >= 15 is 0 Å². The molecular formula is C22H15BrN2O5S. The second kappa shape index (κ2) is 7.82. The third-order valence-electron chi connectivity index (χ3n) is 5.05. The zero-order valence-electron chi connectivity index (χ0n) is 15.9. The third kappa shape index (κ3) is 3.39. The maximum absolute atomic E-state index is 13.1. The number of halogens is 1. The number of aliphatic hydroxyl groups excluding tert-OH is 1. The Kier molecular flexibility index (Phi) is 4.99. The van der Waals surface area contributed by atoms with Crippen LogP contribution >= 0.6 is 27.3 Å². The van der Waals surface area contributed by atoms with Crippen molar-refractivity contribution in [2.24, 2.45) is 0 Å². The summed E-state index contributed by atoms with van der Waals surface area (Å²) in [5, 5.41) is 13.3. The van der Waals surface area contributed by atoms with Crippen LogP contribution < -0.4 is 14.4 Å². The van der Waals surface area contributed by atoms with Crippen molar-refractivity contribution in [2.45, 2.75) is 6.04 Å². The number of nitrogens with zero attached hydrogens (tertiary/aromatic N) is 2. The van der Waals surface area contributed by atoms with E-state index < -0.39 is 17.7 Å². The highest BCUT2D eigenvalue weighted by Crippen LogP contribution is 2.44. The molecule has 7 nitrogen and oxygen atoms in total. The number of aliphatic hydroxyl groups is 1. The molecular weight excluding hydrogens is 484 g/mol. The quantitative estimate of drug-likeness (QED) is 0.329. The number of carbonyl (C=O) groups excluding carboxylic acids is 2. The number of rotatable bonds is 3. The van der Waals surface area contributed by atoms with Gasteiger partial charge in [0.15, 0.2) is 16.6 Å². The topological polar surface area (TPSA) is 89.0 Å². The molecule has 5 rings (SSSR count). The molecule has 0 unspecified atom stereocenters. The Morgan fingerprint density at radius 1 is 1.13 bits per heavy atom. The first kappa shape index (κ1) is 19.8. The Labute approximate surface area is 189 Å². The highest BCUT2D eigenvalue weighted by molar-refractivity contribution is 9.10. The number of carbonyl (C=O) groups is 2. The fourth-order valence-corrected chi connectivity index (χ4v) is 4.79. The van der Waals surface area contributed by atoms with E-state index in [9.17, 15) is 14.7 Å². The molecule has 1 amide bonds. The second-order valence-electron chi connectivity index (χ2n) is 6.90. The average molecular weight is 499 g/mol. The molecule has 3 heterocycles. The molecule has 1 N–H and O–H groups in total. The normalized spacial score (nSPS) is 19.6. The number of aromatic nitrogens is 1. The lowest BCUT2D eigenvalue weighted by Gasteiger charge is -2.23. The van der Waals surface area contributed by atoms with Gasteiger partial charge in [-0.25, -0.2) is 4.98 Å². The van der Waals surface area contributed by atoms with Crippen LogP contribution in [0.5, 0.6) is 11.5 Å². The van der Waals surface area contributed by atoms with Crippen LogP contribution in [0, 0.1) is 0 Å². The summed E-state index contributed by atoms with van der Waals surface area (Å²) in [5.74, 6) is -0.746. The Morgan fingerprint density at radius 2 is 1.94 bits per heavy atom. The van der Waals surface area contributed by atoms with Crippen molar-refractivity contribution in [3.8, 4) is 11.5 Å². The lowest BCUT2D eigenvalue weighted by molar-refractivity contribution is -0.132. The maximum Gasteiger partial charge on any atom is 0.301 e. The maximum atomic E-state index is 13.1. The van der Waals surface area contributed by atoms with Gasteiger partial charge in [0.1, 0.15) is 19.0 Å². The van der Waals surface area contributed by atoms with Gasteiger partial charge in [-0.1, -0.05) is 28.1 Å². The van der Waals surface area contributed by atoms with Gasteiger partial charge in [0, 0.05) is 21.6 Å². The minimum absolute atomic E-state index is 0.00465. The van der Waals surface area contributed by atoms with Crippen LogP contribution in [0.1, 0.15) is 17.2 Å². The van der Waals surface area contributed by atoms with Gasteiger partial charge in [-0.15, -0.1) is 11.3 Å². The first-order valence-corrected chi connectivity index (χ1v) is 11.1. The van der Waals surface area contributed by atoms with Gasteiger partial charge in [0.25, 0.3) is 5.78 Å². The first-order chi connectivity index (χ1) is 15.0. The lowest BCUT2D eigenvalue weighted by Crippen LogP contribution is -2.29. The van der Waals surface area contributed by atoms with Crippen LogP contribution in [0.3, 0.4) is 0 Å². The summed E-state index contributed by atoms with van der Waals surface area (Å²) in [6.07, 6.45) is 1.57. The summed E-state index contributed by atoms with van der Waals surface area (Å²) >= 11 is 4.69. The van der Waals surface area contributed by atoms with Crippen molar-refractivity contribution in [3.63, 3.8) is 0 Å². The number of ketones is 1. The third-order valence-corrected chi connectivity index (χ3v) is 6.31. The van der Waals surface area contributed by atoms with Crippen molar-refractivity contribution in [3.05, 3.63) is 75.2 Å². The van der Waals surface area contributed by atoms with Gasteiger partial charge in [-0.3, -0.25) is 14.5 Å². The van der Waals surface area contributed by atoms with Gasteiger partial charge in [-0.05, 0) is 35.9 Å². The molecule has 2 aliphatic heterocycles. The predicted molar refractivity (Wildman–Crippen MR) is 118 cm³/mol. The number of Topliss-reactive ketones (excluding diaryl/α,β-unsaturated/α-hetero) is 1. The highest BCUT2D eigenvalue weighted by atomic mass is 79.9. The monoisotopic (exact) mass is 498 g/mol. The molecule has 0 spiro atoms. The van der Waals surface area contributed by atoms with Crippen molar-refractivity contribution in [1.82, 2.24) is 4.98 Å². The molecule has 0 aliphatic carbocycles. The van der Waals surface area contributed by atoms with E-state index in [0.717, 1.165) is 4.47 Å². The number of ether oxygens (including phenoxy) is 2. The minimum atomic E-state index is -0.822. The SMILES string of the molecule is O=C1C(=O)N(c2nccs2)[C@@H](c2cccc(Br)c2)/C1=C(\O)c1ccc2c(c1)OCCO2. The molecule has 1 fully saturated rings. The van der Waals surface area contributed by atoms with E-state index in [1.807, 2.05) is 18.2 Å². The summed E-state index contributed by atoms with van der Waals surface area (Å²) < 4.78 is 11.9. The van der Waals surface area contributed by atoms with Crippen molar-refractivity contribution in [1.29, 1.82) is 0 Å². The molecule has 0 radical (unpaired) electrons. The molecule has 1 atom stereocenters. The van der Waals surface area contributed by atoms with E-state index in [1.54, 1.807) is 35.8 Å². The number of hydrogen-bond acceptors (Lipinski definition) is 7. The number of fused-ring (bicyclic) bond motifs is 1. The van der Waals surface area contributed by atoms with Gasteiger partial charge in [0.05, 0.1) is 11.6 Å². The molecule has 1 aromatic heterocycles. The minimum Gasteiger partial charge on any atom is -0.507 e. The zero-order chi connectivity index (χ0) is 21.5. The predicted octanol–water partition coefficient (Wildman–Crippen LogP) is 4.30.